The van der Waals surface area contributed by atoms with Gasteiger partial charge in [0.05, 0.1) is 11.1 Å². The van der Waals surface area contributed by atoms with Crippen LogP contribution in [-0.2, 0) is 9.53 Å². The van der Waals surface area contributed by atoms with Gasteiger partial charge in [-0.1, -0.05) is 30.3 Å². The summed E-state index contributed by atoms with van der Waals surface area (Å²) < 4.78 is 15.9. The van der Waals surface area contributed by atoms with Crippen molar-refractivity contribution in [2.75, 3.05) is 24.1 Å². The lowest BCUT2D eigenvalue weighted by Gasteiger charge is -2.19. The number of rotatable bonds is 6. The molecular weight excluding hydrogens is 424 g/mol. The summed E-state index contributed by atoms with van der Waals surface area (Å²) in [5.74, 6) is -0.547. The Morgan fingerprint density at radius 2 is 1.58 bits per heavy atom. The second-order valence-corrected chi connectivity index (χ2v) is 7.35. The summed E-state index contributed by atoms with van der Waals surface area (Å²) in [5, 5.41) is 2.68. The zero-order valence-electron chi connectivity index (χ0n) is 18.1. The molecule has 4 rings (SSSR count). The quantitative estimate of drug-likeness (QED) is 0.578. The van der Waals surface area contributed by atoms with Gasteiger partial charge in [0.2, 0.25) is 6.79 Å². The number of nitrogens with one attached hydrogen (secondary N) is 1. The molecule has 168 valence electrons. The highest BCUT2D eigenvalue weighted by molar-refractivity contribution is 6.12. The number of carbonyl (C=O) groups excluding carboxylic acids is 3. The number of amides is 2. The van der Waals surface area contributed by atoms with Crippen LogP contribution in [0.5, 0.6) is 11.5 Å². The summed E-state index contributed by atoms with van der Waals surface area (Å²) in [6.07, 6.45) is -1.10. The van der Waals surface area contributed by atoms with Crippen LogP contribution in [0.4, 0.5) is 11.4 Å². The average Bonchev–Trinajstić information content (AvgIpc) is 3.31. The molecule has 3 aromatic carbocycles. The fraction of sp³-hybridized carbons (Fsp3) is 0.160. The minimum Gasteiger partial charge on any atom is -0.454 e. The largest absolute Gasteiger partial charge is 0.454 e. The van der Waals surface area contributed by atoms with Gasteiger partial charge in [0.25, 0.3) is 11.8 Å². The lowest BCUT2D eigenvalue weighted by Crippen LogP contribution is -2.32. The maximum absolute atomic E-state index is 13.0. The van der Waals surface area contributed by atoms with Crippen LogP contribution in [0.1, 0.15) is 27.6 Å². The van der Waals surface area contributed by atoms with Crippen molar-refractivity contribution in [3.63, 3.8) is 0 Å². The first kappa shape index (κ1) is 21.9. The Kier molecular flexibility index (Phi) is 6.26. The minimum absolute atomic E-state index is 0.0769. The van der Waals surface area contributed by atoms with Crippen LogP contribution >= 0.6 is 0 Å². The summed E-state index contributed by atoms with van der Waals surface area (Å²) in [4.78, 5) is 39.9. The molecule has 1 atom stereocenters. The van der Waals surface area contributed by atoms with Crippen LogP contribution in [0.25, 0.3) is 0 Å². The molecule has 1 N–H and O–H groups in total. The first-order chi connectivity index (χ1) is 15.9. The molecule has 0 radical (unpaired) electrons. The summed E-state index contributed by atoms with van der Waals surface area (Å²) >= 11 is 0. The average molecular weight is 446 g/mol. The van der Waals surface area contributed by atoms with Gasteiger partial charge in [0, 0.05) is 24.5 Å². The number of esters is 1. The Balaban J connectivity index is 1.45. The van der Waals surface area contributed by atoms with Gasteiger partial charge in [-0.25, -0.2) is 4.79 Å². The normalized spacial score (nSPS) is 12.5. The molecule has 0 saturated heterocycles. The number of nitrogens with zero attached hydrogens (tertiary/aromatic N) is 1. The SMILES string of the molecule is CC(OC(=O)c1ccccc1C(=O)N(C)c1ccccc1)C(=O)Nc1ccc2c(c1)OCO2. The molecule has 0 fully saturated rings. The van der Waals surface area contributed by atoms with Crippen molar-refractivity contribution >= 4 is 29.2 Å². The number of hydrogen-bond donors (Lipinski definition) is 1. The Morgan fingerprint density at radius 3 is 2.33 bits per heavy atom. The molecular formula is C25H22N2O6. The van der Waals surface area contributed by atoms with E-state index in [2.05, 4.69) is 5.32 Å². The third-order valence-electron chi connectivity index (χ3n) is 5.12. The standard InChI is InChI=1S/C25H22N2O6/c1-16(23(28)26-17-12-13-21-22(14-17)32-15-31-21)33-25(30)20-11-7-6-10-19(20)24(29)27(2)18-8-4-3-5-9-18/h3-14,16H,15H2,1-2H3,(H,26,28). The lowest BCUT2D eigenvalue weighted by atomic mass is 10.1. The molecule has 1 unspecified atom stereocenters. The van der Waals surface area contributed by atoms with E-state index in [4.69, 9.17) is 14.2 Å². The van der Waals surface area contributed by atoms with E-state index < -0.39 is 18.0 Å². The number of para-hydroxylation sites is 1. The predicted molar refractivity (Wildman–Crippen MR) is 122 cm³/mol. The second kappa shape index (κ2) is 9.44. The van der Waals surface area contributed by atoms with E-state index in [0.717, 1.165) is 0 Å². The number of anilines is 2. The molecule has 0 spiro atoms. The number of ether oxygens (including phenoxy) is 3. The van der Waals surface area contributed by atoms with E-state index in [1.54, 1.807) is 55.6 Å². The molecule has 1 heterocycles. The van der Waals surface area contributed by atoms with Gasteiger partial charge in [0.1, 0.15) is 0 Å². The van der Waals surface area contributed by atoms with Gasteiger partial charge in [-0.3, -0.25) is 9.59 Å². The molecule has 0 saturated carbocycles. The van der Waals surface area contributed by atoms with Crippen molar-refractivity contribution in [1.82, 2.24) is 0 Å². The molecule has 0 aliphatic carbocycles. The van der Waals surface area contributed by atoms with Crippen molar-refractivity contribution in [3.05, 3.63) is 83.9 Å². The summed E-state index contributed by atoms with van der Waals surface area (Å²) in [6.45, 7) is 1.58. The van der Waals surface area contributed by atoms with Gasteiger partial charge in [0.15, 0.2) is 17.6 Å². The minimum atomic E-state index is -1.10. The van der Waals surface area contributed by atoms with E-state index in [1.165, 1.54) is 17.9 Å². The zero-order chi connectivity index (χ0) is 23.4. The first-order valence-corrected chi connectivity index (χ1v) is 10.3. The number of fused-ring (bicyclic) bond motifs is 1. The Bertz CT molecular complexity index is 1190. The number of hydrogen-bond acceptors (Lipinski definition) is 6. The van der Waals surface area contributed by atoms with E-state index >= 15 is 0 Å². The van der Waals surface area contributed by atoms with Crippen LogP contribution in [0.2, 0.25) is 0 Å². The van der Waals surface area contributed by atoms with Crippen molar-refractivity contribution < 1.29 is 28.6 Å². The number of benzene rings is 3. The van der Waals surface area contributed by atoms with Crippen LogP contribution in [0, 0.1) is 0 Å². The molecule has 2 amide bonds. The van der Waals surface area contributed by atoms with Crippen LogP contribution in [0.3, 0.4) is 0 Å². The highest BCUT2D eigenvalue weighted by atomic mass is 16.7. The third-order valence-corrected chi connectivity index (χ3v) is 5.12. The fourth-order valence-corrected chi connectivity index (χ4v) is 3.29. The predicted octanol–water partition coefficient (Wildman–Crippen LogP) is 3.88. The zero-order valence-corrected chi connectivity index (χ0v) is 18.1. The maximum Gasteiger partial charge on any atom is 0.339 e. The van der Waals surface area contributed by atoms with Crippen molar-refractivity contribution in [3.8, 4) is 11.5 Å². The van der Waals surface area contributed by atoms with Gasteiger partial charge in [-0.2, -0.15) is 0 Å². The lowest BCUT2D eigenvalue weighted by molar-refractivity contribution is -0.123. The van der Waals surface area contributed by atoms with E-state index in [-0.39, 0.29) is 23.8 Å². The van der Waals surface area contributed by atoms with E-state index in [0.29, 0.717) is 22.9 Å². The first-order valence-electron chi connectivity index (χ1n) is 10.3. The van der Waals surface area contributed by atoms with Gasteiger partial charge >= 0.3 is 5.97 Å². The Hall–Kier alpha value is -4.33. The molecule has 0 aromatic heterocycles. The van der Waals surface area contributed by atoms with E-state index in [1.807, 2.05) is 18.2 Å². The molecule has 8 nitrogen and oxygen atoms in total. The molecule has 8 heteroatoms. The highest BCUT2D eigenvalue weighted by Gasteiger charge is 2.25. The summed E-state index contributed by atoms with van der Waals surface area (Å²) in [5.41, 5.74) is 1.42. The van der Waals surface area contributed by atoms with Crippen LogP contribution < -0.4 is 19.7 Å². The smallest absolute Gasteiger partial charge is 0.339 e. The van der Waals surface area contributed by atoms with E-state index in [9.17, 15) is 14.4 Å². The maximum atomic E-state index is 13.0. The second-order valence-electron chi connectivity index (χ2n) is 7.35. The molecule has 1 aliphatic rings. The number of carbonyl (C=O) groups is 3. The molecule has 0 bridgehead atoms. The monoisotopic (exact) mass is 446 g/mol. The Labute approximate surface area is 190 Å². The molecule has 1 aliphatic heterocycles. The summed E-state index contributed by atoms with van der Waals surface area (Å²) in [6, 6.07) is 20.4. The fourth-order valence-electron chi connectivity index (χ4n) is 3.29. The topological polar surface area (TPSA) is 94.2 Å². The van der Waals surface area contributed by atoms with Crippen LogP contribution in [-0.4, -0.2) is 37.7 Å². The summed E-state index contributed by atoms with van der Waals surface area (Å²) in [7, 11) is 1.63. The van der Waals surface area contributed by atoms with Crippen molar-refractivity contribution in [2.24, 2.45) is 0 Å². The van der Waals surface area contributed by atoms with Gasteiger partial charge < -0.3 is 24.4 Å². The molecule has 3 aromatic rings. The third kappa shape index (κ3) is 4.79. The van der Waals surface area contributed by atoms with Crippen molar-refractivity contribution in [1.29, 1.82) is 0 Å². The van der Waals surface area contributed by atoms with Gasteiger partial charge in [-0.15, -0.1) is 0 Å². The Morgan fingerprint density at radius 1 is 0.909 bits per heavy atom. The van der Waals surface area contributed by atoms with Crippen LogP contribution in [0.15, 0.2) is 72.8 Å². The molecule has 33 heavy (non-hydrogen) atoms. The highest BCUT2D eigenvalue weighted by Crippen LogP contribution is 2.34. The van der Waals surface area contributed by atoms with Gasteiger partial charge in [-0.05, 0) is 43.3 Å². The van der Waals surface area contributed by atoms with Crippen molar-refractivity contribution in [2.45, 2.75) is 13.0 Å².